The van der Waals surface area contributed by atoms with Crippen molar-refractivity contribution in [3.63, 3.8) is 0 Å². The Morgan fingerprint density at radius 3 is 2.62 bits per heavy atom. The molecule has 134 valence electrons. The Morgan fingerprint density at radius 2 is 1.88 bits per heavy atom. The molecule has 1 saturated heterocycles. The van der Waals surface area contributed by atoms with E-state index in [9.17, 15) is 0 Å². The molecule has 1 aliphatic heterocycles. The molecule has 1 fully saturated rings. The highest BCUT2D eigenvalue weighted by atomic mass is 79.9. The standard InChI is InChI=1S/C21H23BrN4/c1-25-9-11-26(12-10-25)19-6-5-17(13-16-3-2-4-18(22)14-16)20(15-19)21-7-8-23-24-21/h2-8,14-15H,9-13H2,1H3,(H,23,24). The van der Waals surface area contributed by atoms with Crippen molar-refractivity contribution in [1.29, 1.82) is 0 Å². The number of anilines is 1. The molecule has 1 aromatic heterocycles. The van der Waals surface area contributed by atoms with Crippen LogP contribution in [0.3, 0.4) is 0 Å². The van der Waals surface area contributed by atoms with Crippen molar-refractivity contribution in [1.82, 2.24) is 15.1 Å². The number of aromatic nitrogens is 2. The normalized spacial score (nSPS) is 15.4. The first-order valence-electron chi connectivity index (χ1n) is 9.00. The molecule has 5 heteroatoms. The third kappa shape index (κ3) is 3.84. The van der Waals surface area contributed by atoms with Gasteiger partial charge in [-0.25, -0.2) is 0 Å². The van der Waals surface area contributed by atoms with Gasteiger partial charge in [0.05, 0.1) is 5.69 Å². The van der Waals surface area contributed by atoms with Crippen molar-refractivity contribution in [3.05, 3.63) is 70.3 Å². The van der Waals surface area contributed by atoms with Gasteiger partial charge in [0.2, 0.25) is 0 Å². The van der Waals surface area contributed by atoms with E-state index in [0.717, 1.165) is 42.8 Å². The van der Waals surface area contributed by atoms with Gasteiger partial charge in [-0.2, -0.15) is 5.10 Å². The Morgan fingerprint density at radius 1 is 1.04 bits per heavy atom. The highest BCUT2D eigenvalue weighted by Crippen LogP contribution is 2.30. The molecule has 1 aliphatic rings. The quantitative estimate of drug-likeness (QED) is 0.700. The van der Waals surface area contributed by atoms with Crippen LogP contribution >= 0.6 is 15.9 Å². The molecule has 0 amide bonds. The number of benzene rings is 2. The van der Waals surface area contributed by atoms with Gasteiger partial charge < -0.3 is 9.80 Å². The molecular weight excluding hydrogens is 388 g/mol. The highest BCUT2D eigenvalue weighted by Gasteiger charge is 2.16. The molecule has 1 N–H and O–H groups in total. The number of likely N-dealkylation sites (N-methyl/N-ethyl adjacent to an activating group) is 1. The molecule has 2 heterocycles. The van der Waals surface area contributed by atoms with Crippen LogP contribution in [-0.2, 0) is 6.42 Å². The maximum atomic E-state index is 4.16. The number of hydrogen-bond donors (Lipinski definition) is 1. The summed E-state index contributed by atoms with van der Waals surface area (Å²) in [5.74, 6) is 0. The summed E-state index contributed by atoms with van der Waals surface area (Å²) in [5, 5.41) is 7.30. The van der Waals surface area contributed by atoms with Crippen LogP contribution in [0.4, 0.5) is 5.69 Å². The molecule has 4 rings (SSSR count). The maximum absolute atomic E-state index is 4.16. The number of nitrogens with zero attached hydrogens (tertiary/aromatic N) is 3. The fourth-order valence-corrected chi connectivity index (χ4v) is 3.95. The van der Waals surface area contributed by atoms with E-state index in [1.807, 2.05) is 12.3 Å². The first-order chi connectivity index (χ1) is 12.7. The monoisotopic (exact) mass is 410 g/mol. The SMILES string of the molecule is CN1CCN(c2ccc(Cc3cccc(Br)c3)c(-c3ccn[nH]3)c2)CC1. The van der Waals surface area contributed by atoms with Gasteiger partial charge >= 0.3 is 0 Å². The molecule has 2 aromatic carbocycles. The lowest BCUT2D eigenvalue weighted by atomic mass is 9.97. The fourth-order valence-electron chi connectivity index (χ4n) is 3.50. The third-order valence-electron chi connectivity index (χ3n) is 5.04. The zero-order chi connectivity index (χ0) is 17.9. The second-order valence-electron chi connectivity index (χ2n) is 6.91. The lowest BCUT2D eigenvalue weighted by Gasteiger charge is -2.34. The van der Waals surface area contributed by atoms with Crippen molar-refractivity contribution in [2.45, 2.75) is 6.42 Å². The van der Waals surface area contributed by atoms with Gasteiger partial charge in [-0.1, -0.05) is 34.1 Å². The first-order valence-corrected chi connectivity index (χ1v) is 9.79. The molecule has 4 nitrogen and oxygen atoms in total. The van der Waals surface area contributed by atoms with Gasteiger partial charge in [-0.05, 0) is 54.9 Å². The van der Waals surface area contributed by atoms with Crippen LogP contribution in [0.15, 0.2) is 59.2 Å². The predicted molar refractivity (Wildman–Crippen MR) is 111 cm³/mol. The van der Waals surface area contributed by atoms with Crippen molar-refractivity contribution in [2.75, 3.05) is 38.1 Å². The van der Waals surface area contributed by atoms with Crippen molar-refractivity contribution < 1.29 is 0 Å². The molecule has 0 radical (unpaired) electrons. The van der Waals surface area contributed by atoms with E-state index < -0.39 is 0 Å². The molecular formula is C21H23BrN4. The van der Waals surface area contributed by atoms with Gasteiger partial charge in [0, 0.05) is 48.1 Å². The fraction of sp³-hybridized carbons (Fsp3) is 0.286. The Kier molecular flexibility index (Phi) is 5.09. The largest absolute Gasteiger partial charge is 0.369 e. The Labute approximate surface area is 163 Å². The van der Waals surface area contributed by atoms with Gasteiger partial charge in [-0.15, -0.1) is 0 Å². The number of piperazine rings is 1. The summed E-state index contributed by atoms with van der Waals surface area (Å²) in [5.41, 5.74) is 6.21. The molecule has 0 atom stereocenters. The predicted octanol–water partition coefficient (Wildman–Crippen LogP) is 4.18. The molecule has 3 aromatic rings. The summed E-state index contributed by atoms with van der Waals surface area (Å²) in [6.07, 6.45) is 2.72. The lowest BCUT2D eigenvalue weighted by molar-refractivity contribution is 0.313. The van der Waals surface area contributed by atoms with E-state index in [0.29, 0.717) is 0 Å². The van der Waals surface area contributed by atoms with Gasteiger partial charge in [0.1, 0.15) is 0 Å². The van der Waals surface area contributed by atoms with Crippen LogP contribution in [0, 0.1) is 0 Å². The van der Waals surface area contributed by atoms with Crippen molar-refractivity contribution >= 4 is 21.6 Å². The third-order valence-corrected chi connectivity index (χ3v) is 5.53. The molecule has 0 unspecified atom stereocenters. The highest BCUT2D eigenvalue weighted by molar-refractivity contribution is 9.10. The maximum Gasteiger partial charge on any atom is 0.0653 e. The van der Waals surface area contributed by atoms with E-state index in [1.165, 1.54) is 22.4 Å². The number of hydrogen-bond acceptors (Lipinski definition) is 3. The lowest BCUT2D eigenvalue weighted by Crippen LogP contribution is -2.44. The minimum atomic E-state index is 0.900. The number of aromatic amines is 1. The van der Waals surface area contributed by atoms with Crippen LogP contribution in [-0.4, -0.2) is 48.3 Å². The van der Waals surface area contributed by atoms with Crippen LogP contribution in [0.25, 0.3) is 11.3 Å². The van der Waals surface area contributed by atoms with E-state index in [4.69, 9.17) is 0 Å². The number of nitrogens with one attached hydrogen (secondary N) is 1. The van der Waals surface area contributed by atoms with Crippen LogP contribution in [0.2, 0.25) is 0 Å². The van der Waals surface area contributed by atoms with Crippen molar-refractivity contribution in [3.8, 4) is 11.3 Å². The van der Waals surface area contributed by atoms with Gasteiger partial charge in [-0.3, -0.25) is 5.10 Å². The molecule has 0 aliphatic carbocycles. The minimum Gasteiger partial charge on any atom is -0.369 e. The summed E-state index contributed by atoms with van der Waals surface area (Å²) in [6.45, 7) is 4.37. The number of rotatable bonds is 4. The minimum absolute atomic E-state index is 0.900. The first kappa shape index (κ1) is 17.3. The van der Waals surface area contributed by atoms with E-state index in [2.05, 4.69) is 85.4 Å². The molecule has 0 bridgehead atoms. The van der Waals surface area contributed by atoms with Crippen LogP contribution in [0.5, 0.6) is 0 Å². The summed E-state index contributed by atoms with van der Waals surface area (Å²) in [6, 6.07) is 17.4. The van der Waals surface area contributed by atoms with E-state index in [1.54, 1.807) is 0 Å². The summed E-state index contributed by atoms with van der Waals surface area (Å²) >= 11 is 3.57. The summed E-state index contributed by atoms with van der Waals surface area (Å²) in [4.78, 5) is 4.86. The Hall–Kier alpha value is -2.11. The topological polar surface area (TPSA) is 35.2 Å². The second kappa shape index (κ2) is 7.64. The average molecular weight is 411 g/mol. The van der Waals surface area contributed by atoms with Gasteiger partial charge in [0.15, 0.2) is 0 Å². The zero-order valence-electron chi connectivity index (χ0n) is 15.0. The Balaban J connectivity index is 1.67. The second-order valence-corrected chi connectivity index (χ2v) is 7.82. The van der Waals surface area contributed by atoms with Crippen molar-refractivity contribution in [2.24, 2.45) is 0 Å². The van der Waals surface area contributed by atoms with Gasteiger partial charge in [0.25, 0.3) is 0 Å². The van der Waals surface area contributed by atoms with E-state index >= 15 is 0 Å². The van der Waals surface area contributed by atoms with E-state index in [-0.39, 0.29) is 0 Å². The molecule has 0 spiro atoms. The number of halogens is 1. The molecule has 0 saturated carbocycles. The molecule has 26 heavy (non-hydrogen) atoms. The van der Waals surface area contributed by atoms with Crippen LogP contribution in [0.1, 0.15) is 11.1 Å². The summed E-state index contributed by atoms with van der Waals surface area (Å²) < 4.78 is 1.12. The number of H-pyrrole nitrogens is 1. The summed E-state index contributed by atoms with van der Waals surface area (Å²) in [7, 11) is 2.19. The zero-order valence-corrected chi connectivity index (χ0v) is 16.5. The smallest absolute Gasteiger partial charge is 0.0653 e. The average Bonchev–Trinajstić information content (AvgIpc) is 3.17. The Bertz CT molecular complexity index is 867. The van der Waals surface area contributed by atoms with Crippen LogP contribution < -0.4 is 4.90 Å².